The minimum absolute atomic E-state index is 0.0839. The Hall–Kier alpha value is -1.97. The monoisotopic (exact) mass is 412 g/mol. The highest BCUT2D eigenvalue weighted by Gasteiger charge is 2.35. The zero-order valence-corrected chi connectivity index (χ0v) is 17.4. The molecule has 1 amide bonds. The van der Waals surface area contributed by atoms with Crippen molar-refractivity contribution in [3.8, 4) is 0 Å². The minimum atomic E-state index is -3.86. The molecule has 8 nitrogen and oxygen atoms in total. The van der Waals surface area contributed by atoms with Crippen LogP contribution < -0.4 is 10.0 Å². The van der Waals surface area contributed by atoms with Gasteiger partial charge in [0.1, 0.15) is 6.04 Å². The van der Waals surface area contributed by atoms with E-state index in [0.29, 0.717) is 19.4 Å². The van der Waals surface area contributed by atoms with Crippen molar-refractivity contribution < 1.29 is 27.5 Å². The molecule has 0 spiro atoms. The molecular formula is C19H28N2O6S. The van der Waals surface area contributed by atoms with Gasteiger partial charge in [0, 0.05) is 6.92 Å². The van der Waals surface area contributed by atoms with Crippen molar-refractivity contribution in [2.24, 2.45) is 5.92 Å². The van der Waals surface area contributed by atoms with Crippen molar-refractivity contribution in [1.29, 1.82) is 0 Å². The van der Waals surface area contributed by atoms with Gasteiger partial charge in [-0.3, -0.25) is 9.59 Å². The van der Waals surface area contributed by atoms with Gasteiger partial charge in [0.2, 0.25) is 22.2 Å². The maximum atomic E-state index is 12.8. The van der Waals surface area contributed by atoms with E-state index in [0.717, 1.165) is 5.56 Å². The van der Waals surface area contributed by atoms with Gasteiger partial charge in [0.15, 0.2) is 0 Å². The lowest BCUT2D eigenvalue weighted by Gasteiger charge is -2.24. The van der Waals surface area contributed by atoms with Crippen LogP contribution in [-0.4, -0.2) is 45.3 Å². The third-order valence-electron chi connectivity index (χ3n) is 4.30. The van der Waals surface area contributed by atoms with Crippen molar-refractivity contribution in [3.63, 3.8) is 0 Å². The van der Waals surface area contributed by atoms with Crippen LogP contribution in [0, 0.1) is 12.8 Å². The molecule has 1 fully saturated rings. The molecule has 2 N–H and O–H groups in total. The van der Waals surface area contributed by atoms with E-state index in [1.807, 2.05) is 20.8 Å². The van der Waals surface area contributed by atoms with Crippen LogP contribution in [0.2, 0.25) is 0 Å². The molecule has 1 aromatic carbocycles. The predicted molar refractivity (Wildman–Crippen MR) is 103 cm³/mol. The number of esters is 1. The van der Waals surface area contributed by atoms with Crippen LogP contribution in [-0.2, 0) is 29.1 Å². The van der Waals surface area contributed by atoms with Crippen molar-refractivity contribution >= 4 is 21.9 Å². The fourth-order valence-electron chi connectivity index (χ4n) is 2.92. The summed E-state index contributed by atoms with van der Waals surface area (Å²) in [4.78, 5) is 24.1. The van der Waals surface area contributed by atoms with E-state index >= 15 is 0 Å². The highest BCUT2D eigenvalue weighted by atomic mass is 32.2. The first-order valence-electron chi connectivity index (χ1n) is 9.26. The van der Waals surface area contributed by atoms with Gasteiger partial charge < -0.3 is 14.8 Å². The average molecular weight is 413 g/mol. The van der Waals surface area contributed by atoms with E-state index in [1.54, 1.807) is 12.1 Å². The van der Waals surface area contributed by atoms with Crippen molar-refractivity contribution in [2.45, 2.75) is 63.8 Å². The summed E-state index contributed by atoms with van der Waals surface area (Å²) in [5.41, 5.74) is 0.938. The van der Waals surface area contributed by atoms with E-state index in [9.17, 15) is 18.0 Å². The molecule has 0 radical (unpaired) electrons. The molecule has 28 heavy (non-hydrogen) atoms. The van der Waals surface area contributed by atoms with E-state index in [2.05, 4.69) is 10.0 Å². The van der Waals surface area contributed by atoms with Crippen LogP contribution in [0.3, 0.4) is 0 Å². The molecule has 3 atom stereocenters. The SMILES string of the molecule is CC(=O)O[C@@H]1OCC[C@@H]1NC(=O)C(CC(C)C)NS(=O)(=O)c1ccc(C)cc1. The lowest BCUT2D eigenvalue weighted by atomic mass is 10.0. The van der Waals surface area contributed by atoms with E-state index < -0.39 is 40.3 Å². The van der Waals surface area contributed by atoms with Gasteiger partial charge in [-0.15, -0.1) is 0 Å². The maximum Gasteiger partial charge on any atom is 0.305 e. The van der Waals surface area contributed by atoms with Crippen LogP contribution in [0.1, 0.15) is 39.2 Å². The first-order chi connectivity index (χ1) is 13.1. The molecule has 1 unspecified atom stereocenters. The molecule has 0 aliphatic carbocycles. The summed E-state index contributed by atoms with van der Waals surface area (Å²) in [6.45, 7) is 7.27. The lowest BCUT2D eigenvalue weighted by Crippen LogP contribution is -2.52. The summed E-state index contributed by atoms with van der Waals surface area (Å²) in [5.74, 6) is -0.900. The van der Waals surface area contributed by atoms with Crippen molar-refractivity contribution in [3.05, 3.63) is 29.8 Å². The van der Waals surface area contributed by atoms with Crippen LogP contribution in [0.5, 0.6) is 0 Å². The third kappa shape index (κ3) is 6.29. The number of nitrogens with one attached hydrogen (secondary N) is 2. The molecule has 1 aliphatic heterocycles. The van der Waals surface area contributed by atoms with Crippen LogP contribution in [0.4, 0.5) is 0 Å². The van der Waals surface area contributed by atoms with E-state index in [4.69, 9.17) is 9.47 Å². The lowest BCUT2D eigenvalue weighted by molar-refractivity contribution is -0.170. The molecular weight excluding hydrogens is 384 g/mol. The molecule has 1 aliphatic rings. The van der Waals surface area contributed by atoms with Gasteiger partial charge in [-0.1, -0.05) is 31.5 Å². The topological polar surface area (TPSA) is 111 Å². The number of hydrogen-bond donors (Lipinski definition) is 2. The van der Waals surface area contributed by atoms with E-state index in [1.165, 1.54) is 19.1 Å². The highest BCUT2D eigenvalue weighted by molar-refractivity contribution is 7.89. The number of sulfonamides is 1. The van der Waals surface area contributed by atoms with E-state index in [-0.39, 0.29) is 10.8 Å². The van der Waals surface area contributed by atoms with Crippen LogP contribution in [0.25, 0.3) is 0 Å². The molecule has 0 saturated carbocycles. The quantitative estimate of drug-likeness (QED) is 0.626. The fourth-order valence-corrected chi connectivity index (χ4v) is 4.13. The minimum Gasteiger partial charge on any atom is -0.434 e. The predicted octanol–water partition coefficient (Wildman–Crippen LogP) is 1.48. The molecule has 1 saturated heterocycles. The summed E-state index contributed by atoms with van der Waals surface area (Å²) in [5, 5.41) is 2.75. The standard InChI is InChI=1S/C19H28N2O6S/c1-12(2)11-17(21-28(24,25)15-7-5-13(3)6-8-15)18(23)20-16-9-10-26-19(16)27-14(4)22/h5-8,12,16-17,19,21H,9-11H2,1-4H3,(H,20,23)/t16-,17?,19-/m0/s1. The summed E-state index contributed by atoms with van der Waals surface area (Å²) in [6, 6.07) is 4.93. The van der Waals surface area contributed by atoms with Gasteiger partial charge in [0.05, 0.1) is 17.5 Å². The second-order valence-corrected chi connectivity index (χ2v) is 9.08. The molecule has 9 heteroatoms. The number of carbonyl (C=O) groups is 2. The Labute approximate surface area is 166 Å². The largest absolute Gasteiger partial charge is 0.434 e. The summed E-state index contributed by atoms with van der Waals surface area (Å²) >= 11 is 0. The van der Waals surface area contributed by atoms with Gasteiger partial charge >= 0.3 is 5.97 Å². The van der Waals surface area contributed by atoms with Crippen molar-refractivity contribution in [1.82, 2.24) is 10.0 Å². The number of hydrogen-bond acceptors (Lipinski definition) is 6. The molecule has 0 bridgehead atoms. The van der Waals surface area contributed by atoms with Gasteiger partial charge in [0.25, 0.3) is 0 Å². The molecule has 2 rings (SSSR count). The average Bonchev–Trinajstić information content (AvgIpc) is 3.00. The van der Waals surface area contributed by atoms with Gasteiger partial charge in [-0.05, 0) is 37.8 Å². The number of ether oxygens (including phenoxy) is 2. The fraction of sp³-hybridized carbons (Fsp3) is 0.579. The first-order valence-corrected chi connectivity index (χ1v) is 10.7. The zero-order valence-electron chi connectivity index (χ0n) is 16.6. The third-order valence-corrected chi connectivity index (χ3v) is 5.79. The normalized spacial score (nSPS) is 20.8. The van der Waals surface area contributed by atoms with Gasteiger partial charge in [-0.25, -0.2) is 8.42 Å². The molecule has 0 aromatic heterocycles. The number of aryl methyl sites for hydroxylation is 1. The zero-order chi connectivity index (χ0) is 20.9. The Kier molecular flexibility index (Phi) is 7.56. The van der Waals surface area contributed by atoms with Crippen LogP contribution in [0.15, 0.2) is 29.2 Å². The molecule has 156 valence electrons. The Morgan fingerprint density at radius 3 is 2.46 bits per heavy atom. The second kappa shape index (κ2) is 9.49. The Balaban J connectivity index is 2.12. The van der Waals surface area contributed by atoms with Crippen molar-refractivity contribution in [2.75, 3.05) is 6.61 Å². The number of amides is 1. The Morgan fingerprint density at radius 1 is 1.25 bits per heavy atom. The Morgan fingerprint density at radius 2 is 1.89 bits per heavy atom. The first kappa shape index (κ1) is 22.3. The summed E-state index contributed by atoms with van der Waals surface area (Å²) in [7, 11) is -3.86. The molecule has 1 heterocycles. The second-order valence-electron chi connectivity index (χ2n) is 7.37. The smallest absolute Gasteiger partial charge is 0.305 e. The summed E-state index contributed by atoms with van der Waals surface area (Å²) < 4.78 is 38.3. The number of benzene rings is 1. The maximum absolute atomic E-state index is 12.8. The highest BCUT2D eigenvalue weighted by Crippen LogP contribution is 2.17. The Bertz CT molecular complexity index is 791. The summed E-state index contributed by atoms with van der Waals surface area (Å²) in [6.07, 6.45) is -0.0687. The number of rotatable bonds is 8. The van der Waals surface area contributed by atoms with Gasteiger partial charge in [-0.2, -0.15) is 4.72 Å². The molecule has 1 aromatic rings. The van der Waals surface area contributed by atoms with Crippen LogP contribution >= 0.6 is 0 Å². The number of carbonyl (C=O) groups excluding carboxylic acids is 2.